The van der Waals surface area contributed by atoms with Crippen LogP contribution in [0.5, 0.6) is 5.75 Å². The maximum Gasteiger partial charge on any atom is 0.186 e. The van der Waals surface area contributed by atoms with Crippen molar-refractivity contribution < 1.29 is 13.9 Å². The molecule has 0 aliphatic rings. The second-order valence-corrected chi connectivity index (χ2v) is 4.86. The number of benzene rings is 2. The summed E-state index contributed by atoms with van der Waals surface area (Å²) >= 11 is 0. The van der Waals surface area contributed by atoms with Crippen LogP contribution in [0.4, 0.5) is 8.78 Å². The second-order valence-electron chi connectivity index (χ2n) is 4.86. The Bertz CT molecular complexity index is 783. The van der Waals surface area contributed by atoms with Crippen LogP contribution < -0.4 is 5.73 Å². The van der Waals surface area contributed by atoms with Crippen LogP contribution in [-0.2, 0) is 6.42 Å². The van der Waals surface area contributed by atoms with E-state index in [0.29, 0.717) is 17.8 Å². The van der Waals surface area contributed by atoms with E-state index in [1.54, 1.807) is 24.3 Å². The molecule has 1 atom stereocenters. The molecule has 108 valence electrons. The Hall–Kier alpha value is -2.47. The summed E-state index contributed by atoms with van der Waals surface area (Å²) in [6.07, 6.45) is 0.463. The maximum atomic E-state index is 13.6. The Balaban J connectivity index is 1.89. The van der Waals surface area contributed by atoms with Crippen molar-refractivity contribution in [1.29, 1.82) is 0 Å². The highest BCUT2D eigenvalue weighted by atomic mass is 19.2. The standard InChI is InChI=1S/C15H13F2N3O/c16-10-5-6-12-14(13(10)17)20-15(19-12)11(18)7-8-1-3-9(21)4-2-8/h1-6,11,21H,7,18H2,(H,19,20). The molecule has 2 aromatic carbocycles. The molecule has 0 aliphatic carbocycles. The fraction of sp³-hybridized carbons (Fsp3) is 0.133. The highest BCUT2D eigenvalue weighted by Gasteiger charge is 2.16. The number of halogens is 2. The maximum absolute atomic E-state index is 13.6. The largest absolute Gasteiger partial charge is 0.508 e. The van der Waals surface area contributed by atoms with Gasteiger partial charge in [0.25, 0.3) is 0 Å². The number of aromatic hydroxyl groups is 1. The van der Waals surface area contributed by atoms with Crippen LogP contribution in [0, 0.1) is 11.6 Å². The van der Waals surface area contributed by atoms with Gasteiger partial charge in [0.05, 0.1) is 11.6 Å². The molecule has 0 amide bonds. The van der Waals surface area contributed by atoms with Gasteiger partial charge in [0.2, 0.25) is 0 Å². The Kier molecular flexibility index (Phi) is 3.31. The number of nitrogens with one attached hydrogen (secondary N) is 1. The minimum atomic E-state index is -0.980. The number of rotatable bonds is 3. The number of nitrogens with zero attached hydrogens (tertiary/aromatic N) is 1. The van der Waals surface area contributed by atoms with E-state index in [-0.39, 0.29) is 11.3 Å². The Morgan fingerprint density at radius 3 is 2.57 bits per heavy atom. The average Bonchev–Trinajstić information content (AvgIpc) is 2.90. The number of phenols is 1. The molecule has 0 spiro atoms. The molecule has 1 unspecified atom stereocenters. The highest BCUT2D eigenvalue weighted by molar-refractivity contribution is 5.75. The van der Waals surface area contributed by atoms with E-state index < -0.39 is 17.7 Å². The highest BCUT2D eigenvalue weighted by Crippen LogP contribution is 2.22. The molecule has 0 saturated carbocycles. The number of nitrogens with two attached hydrogens (primary N) is 1. The number of hydrogen-bond donors (Lipinski definition) is 3. The molecule has 0 bridgehead atoms. The van der Waals surface area contributed by atoms with Gasteiger partial charge in [0.15, 0.2) is 11.6 Å². The predicted octanol–water partition coefficient (Wildman–Crippen LogP) is 2.79. The fourth-order valence-corrected chi connectivity index (χ4v) is 2.19. The van der Waals surface area contributed by atoms with Crippen LogP contribution in [-0.4, -0.2) is 15.1 Å². The van der Waals surface area contributed by atoms with Crippen LogP contribution in [0.25, 0.3) is 11.0 Å². The number of phenolic OH excluding ortho intramolecular Hbond substituents is 1. The molecule has 0 aliphatic heterocycles. The summed E-state index contributed by atoms with van der Waals surface area (Å²) in [5.41, 5.74) is 7.31. The van der Waals surface area contributed by atoms with E-state index in [1.807, 2.05) is 0 Å². The normalized spacial score (nSPS) is 12.7. The third kappa shape index (κ3) is 2.57. The van der Waals surface area contributed by atoms with Crippen molar-refractivity contribution in [2.24, 2.45) is 5.73 Å². The lowest BCUT2D eigenvalue weighted by atomic mass is 10.1. The van der Waals surface area contributed by atoms with Gasteiger partial charge in [-0.15, -0.1) is 0 Å². The van der Waals surface area contributed by atoms with Crippen LogP contribution in [0.2, 0.25) is 0 Å². The van der Waals surface area contributed by atoms with Crippen molar-refractivity contribution in [2.45, 2.75) is 12.5 Å². The number of aromatic amines is 1. The van der Waals surface area contributed by atoms with E-state index in [4.69, 9.17) is 5.73 Å². The molecule has 1 aromatic heterocycles. The zero-order valence-electron chi connectivity index (χ0n) is 11.0. The van der Waals surface area contributed by atoms with Crippen LogP contribution >= 0.6 is 0 Å². The summed E-state index contributed by atoms with van der Waals surface area (Å²) in [6, 6.07) is 8.62. The fourth-order valence-electron chi connectivity index (χ4n) is 2.19. The molecule has 4 nitrogen and oxygen atoms in total. The van der Waals surface area contributed by atoms with E-state index in [0.717, 1.165) is 11.6 Å². The first kappa shape index (κ1) is 13.5. The van der Waals surface area contributed by atoms with Gasteiger partial charge in [-0.2, -0.15) is 0 Å². The van der Waals surface area contributed by atoms with E-state index >= 15 is 0 Å². The smallest absolute Gasteiger partial charge is 0.186 e. The lowest BCUT2D eigenvalue weighted by Gasteiger charge is -2.08. The minimum Gasteiger partial charge on any atom is -0.508 e. The molecule has 4 N–H and O–H groups in total. The molecule has 6 heteroatoms. The zero-order chi connectivity index (χ0) is 15.0. The van der Waals surface area contributed by atoms with Crippen LogP contribution in [0.1, 0.15) is 17.4 Å². The zero-order valence-corrected chi connectivity index (χ0v) is 11.0. The van der Waals surface area contributed by atoms with Gasteiger partial charge < -0.3 is 15.8 Å². The van der Waals surface area contributed by atoms with Crippen molar-refractivity contribution in [1.82, 2.24) is 9.97 Å². The lowest BCUT2D eigenvalue weighted by Crippen LogP contribution is -2.14. The van der Waals surface area contributed by atoms with Gasteiger partial charge in [-0.25, -0.2) is 13.8 Å². The van der Waals surface area contributed by atoms with Crippen LogP contribution in [0.3, 0.4) is 0 Å². The summed E-state index contributed by atoms with van der Waals surface area (Å²) in [4.78, 5) is 6.94. The molecular formula is C15H13F2N3O. The molecule has 3 rings (SSSR count). The van der Waals surface area contributed by atoms with Gasteiger partial charge in [-0.3, -0.25) is 0 Å². The van der Waals surface area contributed by atoms with Gasteiger partial charge in [0.1, 0.15) is 17.1 Å². The third-order valence-corrected chi connectivity index (χ3v) is 3.31. The molecule has 0 fully saturated rings. The third-order valence-electron chi connectivity index (χ3n) is 3.31. The van der Waals surface area contributed by atoms with Crippen molar-refractivity contribution in [3.63, 3.8) is 0 Å². The first-order valence-corrected chi connectivity index (χ1v) is 6.41. The minimum absolute atomic E-state index is 0.0499. The van der Waals surface area contributed by atoms with E-state index in [2.05, 4.69) is 9.97 Å². The summed E-state index contributed by atoms with van der Waals surface area (Å²) in [6.45, 7) is 0. The van der Waals surface area contributed by atoms with E-state index in [9.17, 15) is 13.9 Å². The summed E-state index contributed by atoms with van der Waals surface area (Å²) in [7, 11) is 0. The first-order chi connectivity index (χ1) is 10.0. The summed E-state index contributed by atoms with van der Waals surface area (Å²) < 4.78 is 26.8. The summed E-state index contributed by atoms with van der Waals surface area (Å²) in [5, 5.41) is 9.23. The van der Waals surface area contributed by atoms with Crippen LogP contribution in [0.15, 0.2) is 36.4 Å². The van der Waals surface area contributed by atoms with E-state index in [1.165, 1.54) is 6.07 Å². The second kappa shape index (κ2) is 5.14. The number of fused-ring (bicyclic) bond motifs is 1. The molecule has 0 saturated heterocycles. The topological polar surface area (TPSA) is 74.9 Å². The van der Waals surface area contributed by atoms with Gasteiger partial charge in [0, 0.05) is 0 Å². The monoisotopic (exact) mass is 289 g/mol. The quantitative estimate of drug-likeness (QED) is 0.694. The van der Waals surface area contributed by atoms with Crippen molar-refractivity contribution >= 4 is 11.0 Å². The molecule has 0 radical (unpaired) electrons. The Morgan fingerprint density at radius 2 is 1.86 bits per heavy atom. The first-order valence-electron chi connectivity index (χ1n) is 6.41. The molecule has 21 heavy (non-hydrogen) atoms. The number of imidazole rings is 1. The Morgan fingerprint density at radius 1 is 1.14 bits per heavy atom. The van der Waals surface area contributed by atoms with Gasteiger partial charge >= 0.3 is 0 Å². The van der Waals surface area contributed by atoms with Crippen molar-refractivity contribution in [3.8, 4) is 5.75 Å². The molecule has 3 aromatic rings. The summed E-state index contributed by atoms with van der Waals surface area (Å²) in [5.74, 6) is -1.35. The SMILES string of the molecule is NC(Cc1ccc(O)cc1)c1nc2c(F)c(F)ccc2[nH]1. The van der Waals surface area contributed by atoms with Crippen molar-refractivity contribution in [2.75, 3.05) is 0 Å². The number of hydrogen-bond acceptors (Lipinski definition) is 3. The average molecular weight is 289 g/mol. The molecule has 1 heterocycles. The number of H-pyrrole nitrogens is 1. The van der Waals surface area contributed by atoms with Crippen molar-refractivity contribution in [3.05, 3.63) is 59.4 Å². The predicted molar refractivity (Wildman–Crippen MR) is 74.7 cm³/mol. The van der Waals surface area contributed by atoms with Gasteiger partial charge in [-0.05, 0) is 36.2 Å². The number of aromatic nitrogens is 2. The lowest BCUT2D eigenvalue weighted by molar-refractivity contribution is 0.475. The van der Waals surface area contributed by atoms with Gasteiger partial charge in [-0.1, -0.05) is 12.1 Å². The molecular weight excluding hydrogens is 276 g/mol. The Labute approximate surface area is 119 Å².